The summed E-state index contributed by atoms with van der Waals surface area (Å²) in [6.45, 7) is 0. The third kappa shape index (κ3) is 2.63. The standard InChI is InChI=1S/C12H18N2O4/c15-10-7-6-9(11(16)17)14(10)12(18)13-8-4-2-1-3-5-8/h8-9H,1-7H2,(H,13,18)(H,16,17). The fourth-order valence-corrected chi connectivity index (χ4v) is 2.66. The lowest BCUT2D eigenvalue weighted by Gasteiger charge is -2.26. The molecule has 6 heteroatoms. The highest BCUT2D eigenvalue weighted by Gasteiger charge is 2.40. The van der Waals surface area contributed by atoms with Gasteiger partial charge < -0.3 is 10.4 Å². The van der Waals surface area contributed by atoms with Crippen LogP contribution in [0.2, 0.25) is 0 Å². The molecule has 1 atom stereocenters. The molecule has 18 heavy (non-hydrogen) atoms. The van der Waals surface area contributed by atoms with E-state index >= 15 is 0 Å². The van der Waals surface area contributed by atoms with Gasteiger partial charge in [0.1, 0.15) is 6.04 Å². The van der Waals surface area contributed by atoms with Crippen LogP contribution < -0.4 is 5.32 Å². The Morgan fingerprint density at radius 2 is 1.83 bits per heavy atom. The highest BCUT2D eigenvalue weighted by atomic mass is 16.4. The molecule has 2 fully saturated rings. The third-order valence-corrected chi connectivity index (χ3v) is 3.65. The number of rotatable bonds is 2. The Labute approximate surface area is 105 Å². The minimum absolute atomic E-state index is 0.0779. The van der Waals surface area contributed by atoms with Crippen molar-refractivity contribution in [3.8, 4) is 0 Å². The lowest BCUT2D eigenvalue weighted by Crippen LogP contribution is -2.51. The van der Waals surface area contributed by atoms with E-state index < -0.39 is 23.9 Å². The second-order valence-corrected chi connectivity index (χ2v) is 4.94. The summed E-state index contributed by atoms with van der Waals surface area (Å²) >= 11 is 0. The molecule has 0 radical (unpaired) electrons. The molecule has 1 unspecified atom stereocenters. The van der Waals surface area contributed by atoms with E-state index in [2.05, 4.69) is 5.32 Å². The predicted molar refractivity (Wildman–Crippen MR) is 62.9 cm³/mol. The van der Waals surface area contributed by atoms with E-state index in [0.29, 0.717) is 0 Å². The smallest absolute Gasteiger partial charge is 0.327 e. The zero-order valence-electron chi connectivity index (χ0n) is 10.2. The molecule has 2 N–H and O–H groups in total. The van der Waals surface area contributed by atoms with Crippen LogP contribution in [0.4, 0.5) is 4.79 Å². The lowest BCUT2D eigenvalue weighted by atomic mass is 9.96. The van der Waals surface area contributed by atoms with E-state index in [9.17, 15) is 14.4 Å². The fourth-order valence-electron chi connectivity index (χ4n) is 2.66. The van der Waals surface area contributed by atoms with Gasteiger partial charge in [-0.25, -0.2) is 14.5 Å². The highest BCUT2D eigenvalue weighted by molar-refractivity contribution is 6.00. The van der Waals surface area contributed by atoms with Crippen LogP contribution >= 0.6 is 0 Å². The first-order valence-electron chi connectivity index (χ1n) is 6.45. The average molecular weight is 254 g/mol. The van der Waals surface area contributed by atoms with E-state index in [-0.39, 0.29) is 18.9 Å². The monoisotopic (exact) mass is 254 g/mol. The minimum Gasteiger partial charge on any atom is -0.480 e. The molecule has 0 spiro atoms. The van der Waals surface area contributed by atoms with E-state index in [0.717, 1.165) is 30.6 Å². The molecule has 1 aliphatic heterocycles. The van der Waals surface area contributed by atoms with Crippen LogP contribution in [0.3, 0.4) is 0 Å². The zero-order chi connectivity index (χ0) is 13.1. The number of amides is 3. The van der Waals surface area contributed by atoms with Crippen molar-refractivity contribution in [3.63, 3.8) is 0 Å². The maximum atomic E-state index is 12.0. The summed E-state index contributed by atoms with van der Waals surface area (Å²) in [7, 11) is 0. The number of imide groups is 1. The lowest BCUT2D eigenvalue weighted by molar-refractivity contribution is -0.144. The van der Waals surface area contributed by atoms with Gasteiger partial charge in [0.25, 0.3) is 0 Å². The Bertz CT molecular complexity index is 363. The van der Waals surface area contributed by atoms with Gasteiger partial charge in [-0.2, -0.15) is 0 Å². The molecular weight excluding hydrogens is 236 g/mol. The zero-order valence-corrected chi connectivity index (χ0v) is 10.2. The molecule has 3 amide bonds. The van der Waals surface area contributed by atoms with Crippen molar-refractivity contribution in [2.45, 2.75) is 57.0 Å². The van der Waals surface area contributed by atoms with E-state index in [1.807, 2.05) is 0 Å². The predicted octanol–water partition coefficient (Wildman–Crippen LogP) is 1.10. The number of likely N-dealkylation sites (tertiary alicyclic amines) is 1. The maximum absolute atomic E-state index is 12.0. The van der Waals surface area contributed by atoms with Crippen LogP contribution in [0.25, 0.3) is 0 Å². The molecule has 2 rings (SSSR count). The largest absolute Gasteiger partial charge is 0.480 e. The van der Waals surface area contributed by atoms with Crippen molar-refractivity contribution in [3.05, 3.63) is 0 Å². The van der Waals surface area contributed by atoms with Crippen LogP contribution in [0, 0.1) is 0 Å². The second-order valence-electron chi connectivity index (χ2n) is 4.94. The molecule has 100 valence electrons. The molecule has 1 heterocycles. The number of carbonyl (C=O) groups is 3. The highest BCUT2D eigenvalue weighted by Crippen LogP contribution is 2.21. The number of nitrogens with one attached hydrogen (secondary N) is 1. The summed E-state index contributed by atoms with van der Waals surface area (Å²) in [6.07, 6.45) is 5.48. The van der Waals surface area contributed by atoms with Crippen LogP contribution in [0.15, 0.2) is 0 Å². The van der Waals surface area contributed by atoms with E-state index in [4.69, 9.17) is 5.11 Å². The van der Waals surface area contributed by atoms with Gasteiger partial charge in [-0.05, 0) is 19.3 Å². The van der Waals surface area contributed by atoms with Crippen LogP contribution in [0.1, 0.15) is 44.9 Å². The molecule has 1 aliphatic carbocycles. The van der Waals surface area contributed by atoms with Gasteiger partial charge in [0, 0.05) is 12.5 Å². The van der Waals surface area contributed by atoms with Crippen molar-refractivity contribution in [1.29, 1.82) is 0 Å². The number of carboxylic acid groups (broad SMARTS) is 1. The van der Waals surface area contributed by atoms with Crippen LogP contribution in [0.5, 0.6) is 0 Å². The van der Waals surface area contributed by atoms with Gasteiger partial charge in [-0.3, -0.25) is 4.79 Å². The topological polar surface area (TPSA) is 86.7 Å². The number of carboxylic acids is 1. The first-order chi connectivity index (χ1) is 8.59. The number of hydrogen-bond donors (Lipinski definition) is 2. The first kappa shape index (κ1) is 12.9. The summed E-state index contributed by atoms with van der Waals surface area (Å²) in [6, 6.07) is -1.47. The third-order valence-electron chi connectivity index (χ3n) is 3.65. The molecule has 0 aromatic rings. The molecule has 0 bridgehead atoms. The number of nitrogens with zero attached hydrogens (tertiary/aromatic N) is 1. The fraction of sp³-hybridized carbons (Fsp3) is 0.750. The summed E-state index contributed by atoms with van der Waals surface area (Å²) in [4.78, 5) is 35.4. The quantitative estimate of drug-likeness (QED) is 0.772. The molecule has 6 nitrogen and oxygen atoms in total. The van der Waals surface area contributed by atoms with Crippen LogP contribution in [-0.4, -0.2) is 40.0 Å². The van der Waals surface area contributed by atoms with Gasteiger partial charge in [0.15, 0.2) is 0 Å². The molecule has 0 aromatic carbocycles. The molecule has 1 saturated heterocycles. The van der Waals surface area contributed by atoms with Crippen LogP contribution in [-0.2, 0) is 9.59 Å². The van der Waals surface area contributed by atoms with Gasteiger partial charge in [-0.1, -0.05) is 19.3 Å². The Balaban J connectivity index is 1.97. The number of hydrogen-bond acceptors (Lipinski definition) is 3. The normalized spacial score (nSPS) is 25.2. The summed E-state index contributed by atoms with van der Waals surface area (Å²) < 4.78 is 0. The van der Waals surface area contributed by atoms with E-state index in [1.165, 1.54) is 6.42 Å². The van der Waals surface area contributed by atoms with Crippen molar-refractivity contribution in [2.24, 2.45) is 0 Å². The van der Waals surface area contributed by atoms with Gasteiger partial charge >= 0.3 is 12.0 Å². The summed E-state index contributed by atoms with van der Waals surface area (Å²) in [5.74, 6) is -1.50. The Morgan fingerprint density at radius 1 is 1.17 bits per heavy atom. The Kier molecular flexibility index (Phi) is 3.84. The second kappa shape index (κ2) is 5.37. The molecule has 2 aliphatic rings. The van der Waals surface area contributed by atoms with Crippen molar-refractivity contribution in [2.75, 3.05) is 0 Å². The number of carbonyl (C=O) groups excluding carboxylic acids is 2. The number of aliphatic carboxylic acids is 1. The van der Waals surface area contributed by atoms with E-state index in [1.54, 1.807) is 0 Å². The Hall–Kier alpha value is -1.59. The maximum Gasteiger partial charge on any atom is 0.327 e. The molecular formula is C12H18N2O4. The van der Waals surface area contributed by atoms with Crippen molar-refractivity contribution < 1.29 is 19.5 Å². The van der Waals surface area contributed by atoms with Gasteiger partial charge in [-0.15, -0.1) is 0 Å². The molecule has 0 aromatic heterocycles. The number of urea groups is 1. The molecule has 1 saturated carbocycles. The first-order valence-corrected chi connectivity index (χ1v) is 6.45. The Morgan fingerprint density at radius 3 is 2.44 bits per heavy atom. The van der Waals surface area contributed by atoms with Crippen molar-refractivity contribution >= 4 is 17.9 Å². The average Bonchev–Trinajstić information content (AvgIpc) is 2.72. The van der Waals surface area contributed by atoms with Gasteiger partial charge in [0.2, 0.25) is 5.91 Å². The minimum atomic E-state index is -1.11. The summed E-state index contributed by atoms with van der Waals surface area (Å²) in [5, 5.41) is 11.8. The van der Waals surface area contributed by atoms with Gasteiger partial charge in [0.05, 0.1) is 0 Å². The summed E-state index contributed by atoms with van der Waals surface area (Å²) in [5.41, 5.74) is 0. The van der Waals surface area contributed by atoms with Crippen molar-refractivity contribution in [1.82, 2.24) is 10.2 Å². The SMILES string of the molecule is O=C(O)C1CCC(=O)N1C(=O)NC1CCCCC1.